The first-order valence-corrected chi connectivity index (χ1v) is 8.01. The molecule has 1 aromatic carbocycles. The van der Waals surface area contributed by atoms with Crippen LogP contribution in [0.15, 0.2) is 18.2 Å². The van der Waals surface area contributed by atoms with Crippen LogP contribution in [0, 0.1) is 0 Å². The molecule has 0 aliphatic carbocycles. The second-order valence-corrected chi connectivity index (χ2v) is 6.46. The van der Waals surface area contributed by atoms with Gasteiger partial charge in [-0.2, -0.15) is 0 Å². The van der Waals surface area contributed by atoms with Crippen LogP contribution in [0.4, 0.5) is 0 Å². The predicted octanol–water partition coefficient (Wildman–Crippen LogP) is 2.40. The molecule has 1 aliphatic rings. The van der Waals surface area contributed by atoms with Crippen molar-refractivity contribution < 1.29 is 4.79 Å². The van der Waals surface area contributed by atoms with Crippen molar-refractivity contribution in [2.75, 3.05) is 13.6 Å². The molecule has 2 heterocycles. The number of nitrogens with zero attached hydrogens (tertiary/aromatic N) is 2. The van der Waals surface area contributed by atoms with Gasteiger partial charge in [0.25, 0.3) is 0 Å². The third-order valence-electron chi connectivity index (χ3n) is 4.32. The van der Waals surface area contributed by atoms with Crippen LogP contribution in [-0.2, 0) is 11.3 Å². The van der Waals surface area contributed by atoms with Crippen LogP contribution in [-0.4, -0.2) is 40.4 Å². The van der Waals surface area contributed by atoms with Gasteiger partial charge in [0, 0.05) is 26.1 Å². The maximum absolute atomic E-state index is 12.1. The van der Waals surface area contributed by atoms with E-state index >= 15 is 0 Å². The molecule has 3 rings (SSSR count). The zero-order valence-electron chi connectivity index (χ0n) is 13.5. The summed E-state index contributed by atoms with van der Waals surface area (Å²) in [5, 5.41) is 3.39. The summed E-state index contributed by atoms with van der Waals surface area (Å²) in [6.45, 7) is 5.84. The number of amides is 1. The molecule has 0 saturated carbocycles. The van der Waals surface area contributed by atoms with E-state index in [9.17, 15) is 4.79 Å². The summed E-state index contributed by atoms with van der Waals surface area (Å²) in [5.74, 6) is 1.62. The second kappa shape index (κ2) is 6.08. The standard InChI is InChI=1S/C17H24N4O/c1-11(2)16-19-13-7-6-12(9-15(13)20-16)10-18-14-5-4-8-21(3)17(14)22/h6-7,9,11,14,18H,4-5,8,10H2,1-3H3,(H,19,20)/t14-/m0/s1. The molecule has 2 N–H and O–H groups in total. The number of likely N-dealkylation sites (tertiary alicyclic amines) is 1. The van der Waals surface area contributed by atoms with Gasteiger partial charge in [-0.1, -0.05) is 19.9 Å². The largest absolute Gasteiger partial charge is 0.344 e. The first-order chi connectivity index (χ1) is 10.5. The number of imidazole rings is 1. The van der Waals surface area contributed by atoms with Crippen molar-refractivity contribution in [2.24, 2.45) is 0 Å². The Balaban J connectivity index is 1.70. The monoisotopic (exact) mass is 300 g/mol. The zero-order valence-corrected chi connectivity index (χ0v) is 13.5. The third-order valence-corrected chi connectivity index (χ3v) is 4.32. The molecule has 1 saturated heterocycles. The number of benzene rings is 1. The summed E-state index contributed by atoms with van der Waals surface area (Å²) in [6, 6.07) is 6.20. The molecule has 5 nitrogen and oxygen atoms in total. The van der Waals surface area contributed by atoms with Gasteiger partial charge in [0.05, 0.1) is 17.1 Å². The molecule has 2 aromatic rings. The number of hydrogen-bond donors (Lipinski definition) is 2. The van der Waals surface area contributed by atoms with Crippen LogP contribution in [0.25, 0.3) is 11.0 Å². The number of carbonyl (C=O) groups excluding carboxylic acids is 1. The number of hydrogen-bond acceptors (Lipinski definition) is 3. The molecule has 22 heavy (non-hydrogen) atoms. The van der Waals surface area contributed by atoms with Gasteiger partial charge in [0.1, 0.15) is 5.82 Å². The molecule has 1 aromatic heterocycles. The molecule has 5 heteroatoms. The summed E-state index contributed by atoms with van der Waals surface area (Å²) in [4.78, 5) is 21.9. The summed E-state index contributed by atoms with van der Waals surface area (Å²) in [5.41, 5.74) is 3.24. The van der Waals surface area contributed by atoms with Gasteiger partial charge in [0.15, 0.2) is 0 Å². The molecule has 1 aliphatic heterocycles. The third kappa shape index (κ3) is 2.99. The molecule has 1 amide bonds. The Bertz CT molecular complexity index is 676. The number of aromatic nitrogens is 2. The molecule has 0 bridgehead atoms. The summed E-state index contributed by atoms with van der Waals surface area (Å²) >= 11 is 0. The number of likely N-dealkylation sites (N-methyl/N-ethyl adjacent to an activating group) is 1. The summed E-state index contributed by atoms with van der Waals surface area (Å²) in [7, 11) is 1.88. The SMILES string of the molecule is CC(C)c1nc2ccc(CN[C@H]3CCCN(C)C3=O)cc2[nH]1. The topological polar surface area (TPSA) is 61.0 Å². The Morgan fingerprint density at radius 1 is 1.45 bits per heavy atom. The van der Waals surface area contributed by atoms with Crippen molar-refractivity contribution in [1.82, 2.24) is 20.2 Å². The van der Waals surface area contributed by atoms with Crippen molar-refractivity contribution in [1.29, 1.82) is 0 Å². The van der Waals surface area contributed by atoms with E-state index in [2.05, 4.69) is 41.3 Å². The zero-order chi connectivity index (χ0) is 15.7. The van der Waals surface area contributed by atoms with Gasteiger partial charge < -0.3 is 15.2 Å². The Labute approximate surface area is 131 Å². The minimum absolute atomic E-state index is 0.0533. The fourth-order valence-corrected chi connectivity index (χ4v) is 2.92. The van der Waals surface area contributed by atoms with Gasteiger partial charge >= 0.3 is 0 Å². The van der Waals surface area contributed by atoms with Crippen LogP contribution in [0.5, 0.6) is 0 Å². The number of nitrogens with one attached hydrogen (secondary N) is 2. The lowest BCUT2D eigenvalue weighted by atomic mass is 10.0. The molecule has 0 radical (unpaired) electrons. The normalized spacial score (nSPS) is 19.4. The molecule has 1 fully saturated rings. The van der Waals surface area contributed by atoms with Gasteiger partial charge in [-0.15, -0.1) is 0 Å². The Morgan fingerprint density at radius 2 is 2.27 bits per heavy atom. The van der Waals surface area contributed by atoms with E-state index in [1.807, 2.05) is 18.0 Å². The minimum atomic E-state index is -0.0533. The van der Waals surface area contributed by atoms with Crippen molar-refractivity contribution in [3.05, 3.63) is 29.6 Å². The van der Waals surface area contributed by atoms with Crippen LogP contribution in [0.2, 0.25) is 0 Å². The fourth-order valence-electron chi connectivity index (χ4n) is 2.92. The maximum Gasteiger partial charge on any atom is 0.239 e. The van der Waals surface area contributed by atoms with Gasteiger partial charge in [-0.3, -0.25) is 4.79 Å². The smallest absolute Gasteiger partial charge is 0.239 e. The number of rotatable bonds is 4. The highest BCUT2D eigenvalue weighted by Crippen LogP contribution is 2.18. The predicted molar refractivity (Wildman–Crippen MR) is 87.7 cm³/mol. The van der Waals surface area contributed by atoms with E-state index < -0.39 is 0 Å². The van der Waals surface area contributed by atoms with Crippen LogP contribution in [0.1, 0.15) is 44.0 Å². The second-order valence-electron chi connectivity index (χ2n) is 6.46. The van der Waals surface area contributed by atoms with E-state index in [-0.39, 0.29) is 11.9 Å². The van der Waals surface area contributed by atoms with E-state index in [4.69, 9.17) is 0 Å². The summed E-state index contributed by atoms with van der Waals surface area (Å²) < 4.78 is 0. The van der Waals surface area contributed by atoms with Crippen molar-refractivity contribution in [3.63, 3.8) is 0 Å². The minimum Gasteiger partial charge on any atom is -0.344 e. The number of fused-ring (bicyclic) bond motifs is 1. The van der Waals surface area contributed by atoms with Gasteiger partial charge in [-0.25, -0.2) is 4.98 Å². The molecule has 118 valence electrons. The van der Waals surface area contributed by atoms with E-state index in [1.54, 1.807) is 0 Å². The lowest BCUT2D eigenvalue weighted by molar-refractivity contribution is -0.134. The van der Waals surface area contributed by atoms with Crippen LogP contribution in [0.3, 0.4) is 0 Å². The van der Waals surface area contributed by atoms with E-state index in [1.165, 1.54) is 5.56 Å². The van der Waals surface area contributed by atoms with Crippen LogP contribution < -0.4 is 5.32 Å². The highest BCUT2D eigenvalue weighted by atomic mass is 16.2. The van der Waals surface area contributed by atoms with Gasteiger partial charge in [-0.05, 0) is 30.5 Å². The van der Waals surface area contributed by atoms with Crippen LogP contribution >= 0.6 is 0 Å². The number of piperidine rings is 1. The average Bonchev–Trinajstić information content (AvgIpc) is 2.92. The maximum atomic E-state index is 12.1. The molecule has 0 unspecified atom stereocenters. The number of aromatic amines is 1. The van der Waals surface area contributed by atoms with Crippen molar-refractivity contribution in [3.8, 4) is 0 Å². The quantitative estimate of drug-likeness (QED) is 0.911. The Morgan fingerprint density at radius 3 is 3.05 bits per heavy atom. The highest BCUT2D eigenvalue weighted by molar-refractivity contribution is 5.82. The lowest BCUT2D eigenvalue weighted by Gasteiger charge is -2.29. The molecular formula is C17H24N4O. The summed E-state index contributed by atoms with van der Waals surface area (Å²) in [6.07, 6.45) is 1.99. The number of carbonyl (C=O) groups is 1. The van der Waals surface area contributed by atoms with E-state index in [0.29, 0.717) is 12.5 Å². The van der Waals surface area contributed by atoms with Gasteiger partial charge in [0.2, 0.25) is 5.91 Å². The Hall–Kier alpha value is -1.88. The molecular weight excluding hydrogens is 276 g/mol. The Kier molecular flexibility index (Phi) is 4.16. The first-order valence-electron chi connectivity index (χ1n) is 8.01. The first kappa shape index (κ1) is 15.0. The van der Waals surface area contributed by atoms with E-state index in [0.717, 1.165) is 36.2 Å². The highest BCUT2D eigenvalue weighted by Gasteiger charge is 2.25. The lowest BCUT2D eigenvalue weighted by Crippen LogP contribution is -2.48. The van der Waals surface area contributed by atoms with Crippen molar-refractivity contribution in [2.45, 2.75) is 45.2 Å². The number of H-pyrrole nitrogens is 1. The molecule has 0 spiro atoms. The fraction of sp³-hybridized carbons (Fsp3) is 0.529. The average molecular weight is 300 g/mol. The van der Waals surface area contributed by atoms with Crippen molar-refractivity contribution >= 4 is 16.9 Å². The molecule has 1 atom stereocenters.